The van der Waals surface area contributed by atoms with Gasteiger partial charge in [0, 0.05) is 24.4 Å². The highest BCUT2D eigenvalue weighted by Crippen LogP contribution is 2.29. The summed E-state index contributed by atoms with van der Waals surface area (Å²) in [6, 6.07) is 4.32. The van der Waals surface area contributed by atoms with Gasteiger partial charge < -0.3 is 16.3 Å². The summed E-state index contributed by atoms with van der Waals surface area (Å²) in [5, 5.41) is 13.9. The lowest BCUT2D eigenvalue weighted by Gasteiger charge is -2.09. The summed E-state index contributed by atoms with van der Waals surface area (Å²) in [5.74, 6) is -1.19. The van der Waals surface area contributed by atoms with Crippen LogP contribution in [-0.2, 0) is 6.54 Å². The van der Waals surface area contributed by atoms with Crippen LogP contribution in [-0.4, -0.2) is 28.8 Å². The van der Waals surface area contributed by atoms with Crippen molar-refractivity contribution < 1.29 is 22.8 Å². The lowest BCUT2D eigenvalue weighted by Crippen LogP contribution is -2.21. The Bertz CT molecular complexity index is 479. The third kappa shape index (κ3) is 5.25. The molecule has 0 aromatic heterocycles. The molecule has 0 amide bonds. The van der Waals surface area contributed by atoms with Gasteiger partial charge in [-0.3, -0.25) is 0 Å². The van der Waals surface area contributed by atoms with E-state index in [0.717, 1.165) is 0 Å². The van der Waals surface area contributed by atoms with Gasteiger partial charge in [0.1, 0.15) is 5.82 Å². The summed E-state index contributed by atoms with van der Waals surface area (Å²) >= 11 is -0.144. The minimum Gasteiger partial charge on any atom is -0.409 e. The summed E-state index contributed by atoms with van der Waals surface area (Å²) in [7, 11) is 0. The van der Waals surface area contributed by atoms with Gasteiger partial charge in [0.2, 0.25) is 0 Å². The molecule has 1 rings (SSSR count). The smallest absolute Gasteiger partial charge is 0.409 e. The second kappa shape index (κ2) is 7.34. The van der Waals surface area contributed by atoms with Gasteiger partial charge in [0.25, 0.3) is 0 Å². The first kappa shape index (κ1) is 16.6. The average molecular weight is 311 g/mol. The van der Waals surface area contributed by atoms with Crippen LogP contribution in [0.1, 0.15) is 11.1 Å². The number of thioether (sulfide) groups is 1. The molecule has 20 heavy (non-hydrogen) atoms. The fourth-order valence-electron chi connectivity index (χ4n) is 1.43. The second-order valence-electron chi connectivity index (χ2n) is 3.73. The molecule has 1 aromatic rings. The van der Waals surface area contributed by atoms with Crippen LogP contribution in [0.2, 0.25) is 0 Å². The maximum absolute atomic E-state index is 13.9. The molecule has 0 saturated carbocycles. The van der Waals surface area contributed by atoms with Crippen molar-refractivity contribution in [2.24, 2.45) is 10.9 Å². The Morgan fingerprint density at radius 3 is 2.70 bits per heavy atom. The Balaban J connectivity index is 2.53. The maximum atomic E-state index is 13.9. The highest BCUT2D eigenvalue weighted by atomic mass is 32.2. The first-order chi connectivity index (χ1) is 9.35. The van der Waals surface area contributed by atoms with Gasteiger partial charge in [-0.2, -0.15) is 13.2 Å². The zero-order chi connectivity index (χ0) is 15.2. The molecule has 0 radical (unpaired) electrons. The van der Waals surface area contributed by atoms with Crippen molar-refractivity contribution in [3.05, 3.63) is 35.1 Å². The summed E-state index contributed by atoms with van der Waals surface area (Å²) < 4.78 is 49.5. The van der Waals surface area contributed by atoms with Crippen molar-refractivity contribution in [3.63, 3.8) is 0 Å². The summed E-state index contributed by atoms with van der Waals surface area (Å²) in [6.07, 6.45) is 0. The van der Waals surface area contributed by atoms with E-state index in [2.05, 4.69) is 10.5 Å². The number of nitrogens with zero attached hydrogens (tertiary/aromatic N) is 1. The van der Waals surface area contributed by atoms with E-state index in [1.165, 1.54) is 18.2 Å². The summed E-state index contributed by atoms with van der Waals surface area (Å²) in [5.41, 5.74) is 1.20. The van der Waals surface area contributed by atoms with E-state index in [1.807, 2.05) is 0 Å². The Labute approximate surface area is 117 Å². The van der Waals surface area contributed by atoms with E-state index in [9.17, 15) is 17.6 Å². The monoisotopic (exact) mass is 311 g/mol. The predicted molar refractivity (Wildman–Crippen MR) is 69.1 cm³/mol. The van der Waals surface area contributed by atoms with Gasteiger partial charge in [0.15, 0.2) is 5.84 Å². The lowest BCUT2D eigenvalue weighted by atomic mass is 10.1. The number of oxime groups is 1. The number of hydrogen-bond donors (Lipinski definition) is 3. The topological polar surface area (TPSA) is 70.6 Å². The van der Waals surface area contributed by atoms with E-state index in [1.54, 1.807) is 0 Å². The molecule has 112 valence electrons. The van der Waals surface area contributed by atoms with E-state index in [4.69, 9.17) is 10.9 Å². The van der Waals surface area contributed by atoms with Gasteiger partial charge in [-0.25, -0.2) is 4.39 Å². The van der Waals surface area contributed by atoms with Crippen LogP contribution in [0.3, 0.4) is 0 Å². The SMILES string of the molecule is N/C(=N/O)c1cccc(CNCCSC(F)(F)F)c1F. The molecular formula is C11H13F4N3OS. The number of hydrogen-bond acceptors (Lipinski definition) is 4. The van der Waals surface area contributed by atoms with E-state index >= 15 is 0 Å². The predicted octanol–water partition coefficient (Wildman–Crippen LogP) is 2.26. The number of benzene rings is 1. The van der Waals surface area contributed by atoms with Gasteiger partial charge in [-0.1, -0.05) is 17.3 Å². The molecule has 0 bridgehead atoms. The molecule has 4 nitrogen and oxygen atoms in total. The fraction of sp³-hybridized carbons (Fsp3) is 0.364. The number of rotatable bonds is 6. The lowest BCUT2D eigenvalue weighted by molar-refractivity contribution is -0.0327. The van der Waals surface area contributed by atoms with Crippen LogP contribution >= 0.6 is 11.8 Å². The highest BCUT2D eigenvalue weighted by molar-refractivity contribution is 8.00. The number of amidine groups is 1. The average Bonchev–Trinajstić information content (AvgIpc) is 2.38. The first-order valence-electron chi connectivity index (χ1n) is 5.52. The quantitative estimate of drug-likeness (QED) is 0.188. The molecule has 0 spiro atoms. The second-order valence-corrected chi connectivity index (χ2v) is 4.89. The molecule has 0 aliphatic heterocycles. The molecule has 0 saturated heterocycles. The van der Waals surface area contributed by atoms with E-state index in [0.29, 0.717) is 0 Å². The standard InChI is InChI=1S/C11H13F4N3OS/c12-9-7(2-1-3-8(9)10(16)18-19)6-17-4-5-20-11(13,14)15/h1-3,17,19H,4-6H2,(H2,16,18). The highest BCUT2D eigenvalue weighted by Gasteiger charge is 2.27. The number of halogens is 4. The molecule has 0 heterocycles. The van der Waals surface area contributed by atoms with Gasteiger partial charge >= 0.3 is 5.51 Å². The summed E-state index contributed by atoms with van der Waals surface area (Å²) in [4.78, 5) is 0. The molecule has 0 fully saturated rings. The van der Waals surface area contributed by atoms with Gasteiger partial charge in [0.05, 0.1) is 5.56 Å². The molecule has 1 aromatic carbocycles. The Hall–Kier alpha value is -1.48. The molecular weight excluding hydrogens is 298 g/mol. The third-order valence-electron chi connectivity index (χ3n) is 2.32. The zero-order valence-corrected chi connectivity index (χ0v) is 11.1. The molecule has 0 unspecified atom stereocenters. The van der Waals surface area contributed by atoms with Gasteiger partial charge in [-0.05, 0) is 17.8 Å². The van der Waals surface area contributed by atoms with E-state index in [-0.39, 0.29) is 47.6 Å². The van der Waals surface area contributed by atoms with Crippen LogP contribution in [0.15, 0.2) is 23.4 Å². The van der Waals surface area contributed by atoms with Crippen molar-refractivity contribution in [2.75, 3.05) is 12.3 Å². The molecule has 0 aliphatic rings. The van der Waals surface area contributed by atoms with Crippen LogP contribution in [0.4, 0.5) is 17.6 Å². The molecule has 0 aliphatic carbocycles. The van der Waals surface area contributed by atoms with Crippen molar-refractivity contribution in [1.29, 1.82) is 0 Å². The Kier molecular flexibility index (Phi) is 6.08. The van der Waals surface area contributed by atoms with Crippen molar-refractivity contribution >= 4 is 17.6 Å². The Morgan fingerprint density at radius 1 is 1.40 bits per heavy atom. The van der Waals surface area contributed by atoms with Crippen LogP contribution < -0.4 is 11.1 Å². The summed E-state index contributed by atoms with van der Waals surface area (Å²) in [6.45, 7) is 0.133. The molecule has 9 heteroatoms. The fourth-order valence-corrected chi connectivity index (χ4v) is 1.91. The minimum atomic E-state index is -4.26. The maximum Gasteiger partial charge on any atom is 0.441 e. The largest absolute Gasteiger partial charge is 0.441 e. The Morgan fingerprint density at radius 2 is 2.10 bits per heavy atom. The number of nitrogens with two attached hydrogens (primary N) is 1. The van der Waals surface area contributed by atoms with Gasteiger partial charge in [-0.15, -0.1) is 0 Å². The zero-order valence-electron chi connectivity index (χ0n) is 10.2. The number of nitrogens with one attached hydrogen (secondary N) is 1. The number of alkyl halides is 3. The van der Waals surface area contributed by atoms with Crippen molar-refractivity contribution in [2.45, 2.75) is 12.1 Å². The van der Waals surface area contributed by atoms with Crippen LogP contribution in [0, 0.1) is 5.82 Å². The van der Waals surface area contributed by atoms with E-state index < -0.39 is 11.3 Å². The van der Waals surface area contributed by atoms with Crippen molar-refractivity contribution in [3.8, 4) is 0 Å². The third-order valence-corrected chi connectivity index (χ3v) is 3.06. The van der Waals surface area contributed by atoms with Crippen LogP contribution in [0.5, 0.6) is 0 Å². The molecule has 0 atom stereocenters. The van der Waals surface area contributed by atoms with Crippen LogP contribution in [0.25, 0.3) is 0 Å². The first-order valence-corrected chi connectivity index (χ1v) is 6.50. The minimum absolute atomic E-state index is 0.0524. The molecule has 4 N–H and O–H groups in total. The normalized spacial score (nSPS) is 12.7. The van der Waals surface area contributed by atoms with Crippen molar-refractivity contribution in [1.82, 2.24) is 5.32 Å².